The fourth-order valence-corrected chi connectivity index (χ4v) is 0.313. The molecular weight excluding hydrogens is 150 g/mol. The van der Waals surface area contributed by atoms with Crippen molar-refractivity contribution < 1.29 is 4.79 Å². The van der Waals surface area contributed by atoms with Gasteiger partial charge in [0, 0.05) is 18.8 Å². The standard InChI is InChI=1S/C5H5N.C3H6O.C2H6/c1-2-4-6-5-3-1;1-2-3-4;1-2/h1-5H;3H,2H2,1H3;1-2H3. The zero-order chi connectivity index (χ0) is 9.66. The highest BCUT2D eigenvalue weighted by atomic mass is 16.1. The predicted molar refractivity (Wildman–Crippen MR) is 51.9 cm³/mol. The second-order valence-corrected chi connectivity index (χ2v) is 1.60. The maximum atomic E-state index is 9.17. The minimum absolute atomic E-state index is 0.639. The van der Waals surface area contributed by atoms with Crippen molar-refractivity contribution in [3.63, 3.8) is 0 Å². The van der Waals surface area contributed by atoms with E-state index < -0.39 is 0 Å². The van der Waals surface area contributed by atoms with Gasteiger partial charge in [0.2, 0.25) is 0 Å². The molecule has 68 valence electrons. The molecule has 0 aliphatic heterocycles. The molecule has 1 aromatic heterocycles. The van der Waals surface area contributed by atoms with Gasteiger partial charge in [-0.05, 0) is 12.1 Å². The SMILES string of the molecule is CC.CCC=O.c1ccncc1. The lowest BCUT2D eigenvalue weighted by atomic mass is 10.5. The number of rotatable bonds is 1. The van der Waals surface area contributed by atoms with Crippen LogP contribution >= 0.6 is 0 Å². The molecule has 0 aliphatic rings. The molecule has 0 aromatic carbocycles. The zero-order valence-corrected chi connectivity index (χ0v) is 8.03. The van der Waals surface area contributed by atoms with E-state index >= 15 is 0 Å². The third-order valence-electron chi connectivity index (χ3n) is 0.733. The Labute approximate surface area is 74.6 Å². The number of nitrogens with zero attached hydrogens (tertiary/aromatic N) is 1. The fourth-order valence-electron chi connectivity index (χ4n) is 0.313. The van der Waals surface area contributed by atoms with E-state index in [4.69, 9.17) is 0 Å². The van der Waals surface area contributed by atoms with Crippen LogP contribution in [0.1, 0.15) is 27.2 Å². The summed E-state index contributed by atoms with van der Waals surface area (Å²) in [5.74, 6) is 0. The van der Waals surface area contributed by atoms with Gasteiger partial charge in [0.25, 0.3) is 0 Å². The minimum atomic E-state index is 0.639. The first-order valence-electron chi connectivity index (χ1n) is 4.20. The topological polar surface area (TPSA) is 30.0 Å². The minimum Gasteiger partial charge on any atom is -0.303 e. The maximum Gasteiger partial charge on any atom is 0.119 e. The molecule has 2 heteroatoms. The molecule has 0 N–H and O–H groups in total. The van der Waals surface area contributed by atoms with Gasteiger partial charge >= 0.3 is 0 Å². The van der Waals surface area contributed by atoms with Gasteiger partial charge in [0.15, 0.2) is 0 Å². The first kappa shape index (κ1) is 13.4. The molecule has 0 radical (unpaired) electrons. The summed E-state index contributed by atoms with van der Waals surface area (Å²) in [6, 6.07) is 5.72. The van der Waals surface area contributed by atoms with Crippen molar-refractivity contribution in [2.24, 2.45) is 0 Å². The summed E-state index contributed by atoms with van der Waals surface area (Å²) in [7, 11) is 0. The molecule has 1 aromatic rings. The number of hydrogen-bond acceptors (Lipinski definition) is 2. The van der Waals surface area contributed by atoms with E-state index in [-0.39, 0.29) is 0 Å². The molecule has 12 heavy (non-hydrogen) atoms. The molecule has 0 spiro atoms. The normalized spacial score (nSPS) is 6.58. The van der Waals surface area contributed by atoms with Crippen LogP contribution in [0.5, 0.6) is 0 Å². The molecule has 1 heterocycles. The van der Waals surface area contributed by atoms with Gasteiger partial charge in [0.05, 0.1) is 0 Å². The molecule has 2 nitrogen and oxygen atoms in total. The summed E-state index contributed by atoms with van der Waals surface area (Å²) in [5, 5.41) is 0. The molecule has 0 fully saturated rings. The Balaban J connectivity index is 0. The molecular formula is C10H17NO. The van der Waals surface area contributed by atoms with E-state index in [0.29, 0.717) is 6.42 Å². The van der Waals surface area contributed by atoms with Crippen molar-refractivity contribution in [2.75, 3.05) is 0 Å². The Morgan fingerprint density at radius 3 is 1.67 bits per heavy atom. The van der Waals surface area contributed by atoms with Gasteiger partial charge < -0.3 is 4.79 Å². The largest absolute Gasteiger partial charge is 0.303 e. The van der Waals surface area contributed by atoms with Crippen molar-refractivity contribution >= 4 is 6.29 Å². The van der Waals surface area contributed by atoms with Crippen molar-refractivity contribution in [3.8, 4) is 0 Å². The quantitative estimate of drug-likeness (QED) is 0.602. The Morgan fingerprint density at radius 2 is 1.58 bits per heavy atom. The van der Waals surface area contributed by atoms with Crippen LogP contribution in [0.15, 0.2) is 30.6 Å². The average molecular weight is 167 g/mol. The van der Waals surface area contributed by atoms with Crippen LogP contribution in [0.2, 0.25) is 0 Å². The summed E-state index contributed by atoms with van der Waals surface area (Å²) in [4.78, 5) is 13.0. The van der Waals surface area contributed by atoms with Crippen LogP contribution in [0.4, 0.5) is 0 Å². The van der Waals surface area contributed by atoms with E-state index in [9.17, 15) is 4.79 Å². The van der Waals surface area contributed by atoms with E-state index in [0.717, 1.165) is 6.29 Å². The van der Waals surface area contributed by atoms with E-state index in [1.807, 2.05) is 39.0 Å². The molecule has 0 saturated carbocycles. The summed E-state index contributed by atoms with van der Waals surface area (Å²) in [6.07, 6.45) is 5.01. The lowest BCUT2D eigenvalue weighted by molar-refractivity contribution is -0.107. The van der Waals surface area contributed by atoms with Gasteiger partial charge in [-0.2, -0.15) is 0 Å². The first-order valence-corrected chi connectivity index (χ1v) is 4.20. The maximum absolute atomic E-state index is 9.17. The highest BCUT2D eigenvalue weighted by Crippen LogP contribution is 1.73. The number of aromatic nitrogens is 1. The zero-order valence-electron chi connectivity index (χ0n) is 8.03. The fraction of sp³-hybridized carbons (Fsp3) is 0.400. The number of carbonyl (C=O) groups excluding carboxylic acids is 1. The summed E-state index contributed by atoms with van der Waals surface area (Å²) < 4.78 is 0. The Kier molecular flexibility index (Phi) is 18.4. The number of pyridine rings is 1. The monoisotopic (exact) mass is 167 g/mol. The molecule has 0 aliphatic carbocycles. The molecule has 0 unspecified atom stereocenters. The lowest BCUT2D eigenvalue weighted by Gasteiger charge is -1.70. The third kappa shape index (κ3) is 15.9. The van der Waals surface area contributed by atoms with Crippen molar-refractivity contribution in [1.29, 1.82) is 0 Å². The van der Waals surface area contributed by atoms with Gasteiger partial charge in [-0.15, -0.1) is 0 Å². The van der Waals surface area contributed by atoms with Crippen molar-refractivity contribution in [1.82, 2.24) is 4.98 Å². The first-order chi connectivity index (χ1) is 5.91. The summed E-state index contributed by atoms with van der Waals surface area (Å²) in [5.41, 5.74) is 0. The van der Waals surface area contributed by atoms with Gasteiger partial charge in [-0.3, -0.25) is 4.98 Å². The Hall–Kier alpha value is -1.18. The third-order valence-corrected chi connectivity index (χ3v) is 0.733. The Bertz CT molecular complexity index is 124. The second kappa shape index (κ2) is 16.4. The molecule has 0 bridgehead atoms. The van der Waals surface area contributed by atoms with Crippen LogP contribution in [0.25, 0.3) is 0 Å². The lowest BCUT2D eigenvalue weighted by Crippen LogP contribution is -1.58. The van der Waals surface area contributed by atoms with E-state index in [1.54, 1.807) is 12.4 Å². The molecule has 1 rings (SSSR count). The van der Waals surface area contributed by atoms with Crippen LogP contribution in [-0.4, -0.2) is 11.3 Å². The molecule has 0 amide bonds. The van der Waals surface area contributed by atoms with Crippen LogP contribution in [0.3, 0.4) is 0 Å². The summed E-state index contributed by atoms with van der Waals surface area (Å²) in [6.45, 7) is 5.81. The Morgan fingerprint density at radius 1 is 1.17 bits per heavy atom. The van der Waals surface area contributed by atoms with Crippen LogP contribution in [-0.2, 0) is 4.79 Å². The molecule has 0 atom stereocenters. The van der Waals surface area contributed by atoms with Gasteiger partial charge in [-0.25, -0.2) is 0 Å². The number of carbonyl (C=O) groups is 1. The second-order valence-electron chi connectivity index (χ2n) is 1.60. The van der Waals surface area contributed by atoms with Crippen molar-refractivity contribution in [3.05, 3.63) is 30.6 Å². The van der Waals surface area contributed by atoms with Crippen LogP contribution in [0, 0.1) is 0 Å². The highest BCUT2D eigenvalue weighted by molar-refractivity contribution is 5.48. The van der Waals surface area contributed by atoms with E-state index in [2.05, 4.69) is 4.98 Å². The number of hydrogen-bond donors (Lipinski definition) is 0. The average Bonchev–Trinajstić information content (AvgIpc) is 2.24. The number of aldehydes is 1. The predicted octanol–water partition coefficient (Wildman–Crippen LogP) is 2.70. The van der Waals surface area contributed by atoms with Gasteiger partial charge in [-0.1, -0.05) is 26.8 Å². The van der Waals surface area contributed by atoms with Gasteiger partial charge in [0.1, 0.15) is 6.29 Å². The van der Waals surface area contributed by atoms with Crippen LogP contribution < -0.4 is 0 Å². The summed E-state index contributed by atoms with van der Waals surface area (Å²) >= 11 is 0. The smallest absolute Gasteiger partial charge is 0.119 e. The molecule has 0 saturated heterocycles. The van der Waals surface area contributed by atoms with E-state index in [1.165, 1.54) is 0 Å². The highest BCUT2D eigenvalue weighted by Gasteiger charge is 1.58. The van der Waals surface area contributed by atoms with Crippen molar-refractivity contribution in [2.45, 2.75) is 27.2 Å².